The molecule has 6 unspecified atom stereocenters. The maximum Gasteiger partial charge on any atom is -1.00 e. The molecule has 0 aromatic rings. The predicted molar refractivity (Wildman–Crippen MR) is 105 cm³/mol. The summed E-state index contributed by atoms with van der Waals surface area (Å²) in [6.45, 7) is 0. The normalized spacial score (nSPS) is 40.0. The Morgan fingerprint density at radius 1 is 0.519 bits per heavy atom. The van der Waals surface area contributed by atoms with Crippen LogP contribution in [-0.2, 0) is 20.3 Å². The van der Waals surface area contributed by atoms with Crippen molar-refractivity contribution >= 4 is 0 Å². The molecule has 5 aliphatic rings. The maximum atomic E-state index is 2.65. The molecule has 0 spiro atoms. The first-order valence-electron chi connectivity index (χ1n) is 11.1. The molecule has 0 aromatic carbocycles. The molecule has 0 aromatic heterocycles. The van der Waals surface area contributed by atoms with Gasteiger partial charge in [-0.15, -0.1) is 0 Å². The molecule has 5 rings (SSSR count). The third-order valence-corrected chi connectivity index (χ3v) is 25.5. The van der Waals surface area contributed by atoms with Crippen molar-refractivity contribution in [2.45, 2.75) is 66.9 Å². The van der Waals surface area contributed by atoms with Gasteiger partial charge in [-0.2, -0.15) is 0 Å². The quantitative estimate of drug-likeness (QED) is 0.557. The monoisotopic (exact) mass is 482 g/mol. The molecule has 148 valence electrons. The van der Waals surface area contributed by atoms with E-state index in [1.165, 1.54) is 25.7 Å². The number of fused-ring (bicyclic) bond motifs is 2. The van der Waals surface area contributed by atoms with Crippen LogP contribution in [-0.4, -0.2) is 0 Å². The molecule has 0 N–H and O–H groups in total. The number of halogens is 2. The van der Waals surface area contributed by atoms with E-state index in [4.69, 9.17) is 0 Å². The molecule has 1 heterocycles. The van der Waals surface area contributed by atoms with Crippen molar-refractivity contribution in [3.05, 3.63) is 48.6 Å². The Kier molecular flexibility index (Phi) is 7.77. The minimum atomic E-state index is -2.22. The van der Waals surface area contributed by atoms with E-state index in [1.54, 1.807) is 33.9 Å². The van der Waals surface area contributed by atoms with Gasteiger partial charge in [-0.1, -0.05) is 0 Å². The topological polar surface area (TPSA) is 0 Å². The zero-order valence-corrected chi connectivity index (χ0v) is 20.4. The first-order valence-corrected chi connectivity index (χ1v) is 17.4. The molecule has 2 saturated carbocycles. The maximum absolute atomic E-state index is 2.65. The summed E-state index contributed by atoms with van der Waals surface area (Å²) >= 11 is -2.22. The average molecular weight is 485 g/mol. The van der Waals surface area contributed by atoms with Crippen LogP contribution in [0.1, 0.15) is 51.4 Å². The van der Waals surface area contributed by atoms with Crippen molar-refractivity contribution in [2.24, 2.45) is 23.7 Å². The second-order valence-corrected chi connectivity index (χ2v) is 21.7. The second-order valence-electron chi connectivity index (χ2n) is 9.54. The molecule has 4 aliphatic carbocycles. The van der Waals surface area contributed by atoms with Gasteiger partial charge in [0, 0.05) is 0 Å². The van der Waals surface area contributed by atoms with Crippen LogP contribution in [0, 0.1) is 23.7 Å². The van der Waals surface area contributed by atoms with Crippen LogP contribution < -0.4 is 24.8 Å². The minimum absolute atomic E-state index is 0. The smallest absolute Gasteiger partial charge is 1.00 e. The Hall–Kier alpha value is 0.423. The van der Waals surface area contributed by atoms with E-state index in [0.717, 1.165) is 30.9 Å². The van der Waals surface area contributed by atoms with Gasteiger partial charge in [0.05, 0.1) is 0 Å². The molecule has 6 atom stereocenters. The Labute approximate surface area is 183 Å². The van der Waals surface area contributed by atoms with Crippen molar-refractivity contribution < 1.29 is 45.1 Å². The first kappa shape index (κ1) is 22.1. The van der Waals surface area contributed by atoms with Gasteiger partial charge < -0.3 is 24.8 Å². The SMILES string of the molecule is C1=CC2CC[CH]([Zr+2]3([CH]4CCC5C=CC=CC54)[CH2]CCCC[CH2]3)C2C=C1.[Cl-].[Cl-]. The van der Waals surface area contributed by atoms with Gasteiger partial charge in [0.2, 0.25) is 0 Å². The molecule has 0 radical (unpaired) electrons. The van der Waals surface area contributed by atoms with E-state index in [-0.39, 0.29) is 24.8 Å². The van der Waals surface area contributed by atoms with Gasteiger partial charge in [-0.3, -0.25) is 0 Å². The molecular weight excluding hydrogens is 450 g/mol. The molecule has 3 fully saturated rings. The van der Waals surface area contributed by atoms with Gasteiger partial charge in [0.15, 0.2) is 0 Å². The van der Waals surface area contributed by atoms with Crippen molar-refractivity contribution in [1.29, 1.82) is 0 Å². The van der Waals surface area contributed by atoms with Crippen LogP contribution in [0.25, 0.3) is 0 Å². The molecule has 27 heavy (non-hydrogen) atoms. The first-order chi connectivity index (χ1) is 12.4. The van der Waals surface area contributed by atoms with Gasteiger partial charge in [0.25, 0.3) is 0 Å². The summed E-state index contributed by atoms with van der Waals surface area (Å²) in [6.07, 6.45) is 32.2. The number of hydrogen-bond acceptors (Lipinski definition) is 0. The van der Waals surface area contributed by atoms with Crippen molar-refractivity contribution in [3.63, 3.8) is 0 Å². The molecule has 0 nitrogen and oxygen atoms in total. The van der Waals surface area contributed by atoms with Crippen molar-refractivity contribution in [2.75, 3.05) is 0 Å². The van der Waals surface area contributed by atoms with Crippen molar-refractivity contribution in [3.8, 4) is 0 Å². The van der Waals surface area contributed by atoms with Crippen LogP contribution in [0.2, 0.25) is 15.5 Å². The number of allylic oxidation sites excluding steroid dienone is 8. The van der Waals surface area contributed by atoms with Crippen LogP contribution in [0.3, 0.4) is 0 Å². The zero-order chi connectivity index (χ0) is 16.7. The fourth-order valence-electron chi connectivity index (χ4n) is 7.66. The number of rotatable bonds is 2. The van der Waals surface area contributed by atoms with Gasteiger partial charge in [-0.25, -0.2) is 0 Å². The van der Waals surface area contributed by atoms with E-state index in [0.29, 0.717) is 0 Å². The third-order valence-electron chi connectivity index (χ3n) is 8.66. The summed E-state index contributed by atoms with van der Waals surface area (Å²) in [4.78, 5) is 0. The summed E-state index contributed by atoms with van der Waals surface area (Å²) in [5.41, 5.74) is 0. The van der Waals surface area contributed by atoms with E-state index in [1.807, 2.05) is 0 Å². The van der Waals surface area contributed by atoms with Crippen LogP contribution in [0.5, 0.6) is 0 Å². The Bertz CT molecular complexity index is 566. The van der Waals surface area contributed by atoms with E-state index >= 15 is 0 Å². The molecule has 1 saturated heterocycles. The average Bonchev–Trinajstić information content (AvgIpc) is 3.21. The summed E-state index contributed by atoms with van der Waals surface area (Å²) < 4.78 is 5.76. The number of hydrogen-bond donors (Lipinski definition) is 0. The molecule has 1 aliphatic heterocycles. The molecule has 0 bridgehead atoms. The fourth-order valence-corrected chi connectivity index (χ4v) is 26.9. The molecule has 0 amide bonds. The van der Waals surface area contributed by atoms with E-state index < -0.39 is 20.3 Å². The fraction of sp³-hybridized carbons (Fsp3) is 0.667. The van der Waals surface area contributed by atoms with Gasteiger partial charge in [-0.05, 0) is 0 Å². The third kappa shape index (κ3) is 3.92. The van der Waals surface area contributed by atoms with Crippen molar-refractivity contribution in [1.82, 2.24) is 0 Å². The summed E-state index contributed by atoms with van der Waals surface area (Å²) in [5, 5.41) is 0. The van der Waals surface area contributed by atoms with E-state index in [9.17, 15) is 0 Å². The zero-order valence-electron chi connectivity index (χ0n) is 16.4. The Morgan fingerprint density at radius 2 is 0.963 bits per heavy atom. The standard InChI is InChI=1S/2C9H11.C6H12.2ClH.Zr/c2*1-2-5-9-7-3-6-8(9)4-1;1-3-5-6-4-2;;;/h2*1-2,4-6,8-9H,3,7H2;1-6H2;2*1H;/q;;;;;+2/p-2. The van der Waals surface area contributed by atoms with Crippen LogP contribution in [0.4, 0.5) is 0 Å². The van der Waals surface area contributed by atoms with Crippen LogP contribution in [0.15, 0.2) is 48.6 Å². The van der Waals surface area contributed by atoms with Gasteiger partial charge in [0.1, 0.15) is 0 Å². The van der Waals surface area contributed by atoms with E-state index in [2.05, 4.69) is 48.6 Å². The Balaban J connectivity index is 0.00000105. The summed E-state index contributed by atoms with van der Waals surface area (Å²) in [6, 6.07) is 0. The molecular formula is C24H34Cl2Zr. The van der Waals surface area contributed by atoms with Crippen LogP contribution >= 0.6 is 0 Å². The molecule has 3 heteroatoms. The summed E-state index contributed by atoms with van der Waals surface area (Å²) in [5.74, 6) is 3.65. The summed E-state index contributed by atoms with van der Waals surface area (Å²) in [7, 11) is 0. The predicted octanol–water partition coefficient (Wildman–Crippen LogP) is 1.44. The minimum Gasteiger partial charge on any atom is -1.00 e. The Morgan fingerprint density at radius 3 is 1.44 bits per heavy atom. The second kappa shape index (κ2) is 9.49. The van der Waals surface area contributed by atoms with Gasteiger partial charge >= 0.3 is 159 Å². The largest absolute Gasteiger partial charge is 1.00 e.